The van der Waals surface area contributed by atoms with Crippen molar-refractivity contribution in [2.24, 2.45) is 5.73 Å². The maximum absolute atomic E-state index is 11.8. The van der Waals surface area contributed by atoms with Crippen LogP contribution < -0.4 is 11.1 Å². The Morgan fingerprint density at radius 1 is 1.33 bits per heavy atom. The minimum Gasteiger partial charge on any atom is -0.330 e. The van der Waals surface area contributed by atoms with Crippen LogP contribution in [0, 0.1) is 0 Å². The van der Waals surface area contributed by atoms with Gasteiger partial charge in [0.2, 0.25) is 5.91 Å². The molecule has 0 fully saturated rings. The molecule has 3 N–H and O–H groups in total. The van der Waals surface area contributed by atoms with E-state index in [-0.39, 0.29) is 11.7 Å². The average molecular weight is 246 g/mol. The van der Waals surface area contributed by atoms with Gasteiger partial charge in [-0.05, 0) is 43.5 Å². The minimum absolute atomic E-state index is 0.0522. The highest BCUT2D eigenvalue weighted by Gasteiger charge is 2.17. The second-order valence-corrected chi connectivity index (χ2v) is 4.59. The first-order chi connectivity index (χ1) is 8.70. The molecule has 0 spiro atoms. The molecular weight excluding hydrogens is 228 g/mol. The molecule has 0 bridgehead atoms. The second-order valence-electron chi connectivity index (χ2n) is 4.59. The van der Waals surface area contributed by atoms with Crippen LogP contribution in [0.3, 0.4) is 0 Å². The molecule has 0 unspecified atom stereocenters. The number of carbonyl (C=O) groups is 2. The fourth-order valence-corrected chi connectivity index (χ4v) is 2.19. The lowest BCUT2D eigenvalue weighted by atomic mass is 9.90. The number of ketones is 1. The van der Waals surface area contributed by atoms with Gasteiger partial charge in [0.25, 0.3) is 0 Å². The number of Topliss-reactive ketones (excluding diaryl/α,β-unsaturated/α-hetero) is 1. The Kier molecular flexibility index (Phi) is 4.10. The molecule has 2 rings (SSSR count). The van der Waals surface area contributed by atoms with Crippen LogP contribution >= 0.6 is 0 Å². The van der Waals surface area contributed by atoms with E-state index in [0.29, 0.717) is 31.5 Å². The van der Waals surface area contributed by atoms with Crippen LogP contribution in [-0.2, 0) is 11.2 Å². The highest BCUT2D eigenvalue weighted by Crippen LogP contribution is 2.24. The maximum atomic E-state index is 11.8. The average Bonchev–Trinajstić information content (AvgIpc) is 2.37. The molecule has 1 aliphatic rings. The summed E-state index contributed by atoms with van der Waals surface area (Å²) in [6.07, 6.45) is 3.57. The van der Waals surface area contributed by atoms with Crippen molar-refractivity contribution >= 4 is 17.4 Å². The summed E-state index contributed by atoms with van der Waals surface area (Å²) >= 11 is 0. The molecular formula is C14H18N2O2. The predicted octanol–water partition coefficient (Wildman–Crippen LogP) is 1.88. The van der Waals surface area contributed by atoms with E-state index in [4.69, 9.17) is 5.73 Å². The summed E-state index contributed by atoms with van der Waals surface area (Å²) in [4.78, 5) is 23.3. The van der Waals surface area contributed by atoms with E-state index in [1.807, 2.05) is 12.1 Å². The molecule has 1 amide bonds. The number of amides is 1. The van der Waals surface area contributed by atoms with E-state index in [0.717, 1.165) is 24.0 Å². The van der Waals surface area contributed by atoms with Gasteiger partial charge in [0.15, 0.2) is 5.78 Å². The summed E-state index contributed by atoms with van der Waals surface area (Å²) in [5.74, 6) is 0.123. The van der Waals surface area contributed by atoms with Crippen molar-refractivity contribution in [1.82, 2.24) is 0 Å². The van der Waals surface area contributed by atoms with Crippen molar-refractivity contribution in [2.75, 3.05) is 11.9 Å². The summed E-state index contributed by atoms with van der Waals surface area (Å²) in [5.41, 5.74) is 7.91. The highest BCUT2D eigenvalue weighted by molar-refractivity contribution is 6.00. The Bertz CT molecular complexity index is 469. The van der Waals surface area contributed by atoms with Crippen molar-refractivity contribution in [2.45, 2.75) is 32.1 Å². The van der Waals surface area contributed by atoms with E-state index >= 15 is 0 Å². The molecule has 0 heterocycles. The quantitative estimate of drug-likeness (QED) is 0.852. The van der Waals surface area contributed by atoms with Crippen LogP contribution in [0.25, 0.3) is 0 Å². The van der Waals surface area contributed by atoms with Crippen molar-refractivity contribution in [1.29, 1.82) is 0 Å². The van der Waals surface area contributed by atoms with Crippen LogP contribution in [0.4, 0.5) is 5.69 Å². The Labute approximate surface area is 107 Å². The number of hydrogen-bond acceptors (Lipinski definition) is 3. The Hall–Kier alpha value is -1.68. The van der Waals surface area contributed by atoms with Crippen LogP contribution in [0.15, 0.2) is 18.2 Å². The number of benzene rings is 1. The lowest BCUT2D eigenvalue weighted by molar-refractivity contribution is -0.116. The van der Waals surface area contributed by atoms with E-state index in [1.54, 1.807) is 6.07 Å². The first-order valence-electron chi connectivity index (χ1n) is 6.37. The van der Waals surface area contributed by atoms with Crippen LogP contribution in [0.5, 0.6) is 0 Å². The zero-order valence-corrected chi connectivity index (χ0v) is 10.4. The van der Waals surface area contributed by atoms with Gasteiger partial charge in [0.1, 0.15) is 0 Å². The number of rotatable bonds is 4. The zero-order valence-electron chi connectivity index (χ0n) is 10.4. The number of nitrogens with one attached hydrogen (secondary N) is 1. The lowest BCUT2D eigenvalue weighted by Gasteiger charge is -2.15. The Morgan fingerprint density at radius 3 is 2.94 bits per heavy atom. The molecule has 1 aromatic carbocycles. The zero-order chi connectivity index (χ0) is 13.0. The second kappa shape index (κ2) is 5.78. The lowest BCUT2D eigenvalue weighted by Crippen LogP contribution is -2.15. The van der Waals surface area contributed by atoms with E-state index in [9.17, 15) is 9.59 Å². The standard InChI is InChI=1S/C14H18N2O2/c15-8-2-5-14(18)16-11-7-6-10-3-1-4-13(17)12(10)9-11/h6-7,9H,1-5,8,15H2,(H,16,18). The SMILES string of the molecule is NCCCC(=O)Nc1ccc2c(c1)C(=O)CCC2. The van der Waals surface area contributed by atoms with Gasteiger partial charge in [0, 0.05) is 24.1 Å². The molecule has 0 saturated heterocycles. The number of fused-ring (bicyclic) bond motifs is 1. The number of hydrogen-bond donors (Lipinski definition) is 2. The molecule has 4 nitrogen and oxygen atoms in total. The van der Waals surface area contributed by atoms with Gasteiger partial charge in [-0.1, -0.05) is 6.07 Å². The smallest absolute Gasteiger partial charge is 0.224 e. The summed E-state index contributed by atoms with van der Waals surface area (Å²) in [6.45, 7) is 0.510. The third kappa shape index (κ3) is 2.96. The van der Waals surface area contributed by atoms with E-state index < -0.39 is 0 Å². The third-order valence-corrected chi connectivity index (χ3v) is 3.15. The largest absolute Gasteiger partial charge is 0.330 e. The molecule has 4 heteroatoms. The van der Waals surface area contributed by atoms with Crippen LogP contribution in [-0.4, -0.2) is 18.2 Å². The van der Waals surface area contributed by atoms with Gasteiger partial charge >= 0.3 is 0 Å². The van der Waals surface area contributed by atoms with E-state index in [2.05, 4.69) is 5.32 Å². The number of carbonyl (C=O) groups excluding carboxylic acids is 2. The van der Waals surface area contributed by atoms with Gasteiger partial charge < -0.3 is 11.1 Å². The molecule has 0 aromatic heterocycles. The molecule has 1 aliphatic carbocycles. The third-order valence-electron chi connectivity index (χ3n) is 3.15. The predicted molar refractivity (Wildman–Crippen MR) is 70.6 cm³/mol. The highest BCUT2D eigenvalue weighted by atomic mass is 16.1. The molecule has 18 heavy (non-hydrogen) atoms. The van der Waals surface area contributed by atoms with Crippen LogP contribution in [0.2, 0.25) is 0 Å². The summed E-state index contributed by atoms with van der Waals surface area (Å²) in [7, 11) is 0. The molecule has 0 atom stereocenters. The van der Waals surface area contributed by atoms with Gasteiger partial charge in [0.05, 0.1) is 0 Å². The van der Waals surface area contributed by atoms with Crippen molar-refractivity contribution in [3.63, 3.8) is 0 Å². The molecule has 96 valence electrons. The summed E-state index contributed by atoms with van der Waals surface area (Å²) < 4.78 is 0. The van der Waals surface area contributed by atoms with Crippen LogP contribution in [0.1, 0.15) is 41.6 Å². The normalized spacial score (nSPS) is 14.2. The van der Waals surface area contributed by atoms with Gasteiger partial charge in [-0.25, -0.2) is 0 Å². The Balaban J connectivity index is 2.08. The van der Waals surface area contributed by atoms with Crippen molar-refractivity contribution in [3.05, 3.63) is 29.3 Å². The van der Waals surface area contributed by atoms with Gasteiger partial charge in [-0.3, -0.25) is 9.59 Å². The van der Waals surface area contributed by atoms with Crippen molar-refractivity contribution in [3.8, 4) is 0 Å². The first-order valence-corrected chi connectivity index (χ1v) is 6.37. The Morgan fingerprint density at radius 2 is 2.17 bits per heavy atom. The molecule has 0 radical (unpaired) electrons. The van der Waals surface area contributed by atoms with E-state index in [1.165, 1.54) is 0 Å². The topological polar surface area (TPSA) is 72.2 Å². The monoisotopic (exact) mass is 246 g/mol. The first kappa shape index (κ1) is 12.8. The maximum Gasteiger partial charge on any atom is 0.224 e. The summed E-state index contributed by atoms with van der Waals surface area (Å²) in [6, 6.07) is 5.58. The fraction of sp³-hybridized carbons (Fsp3) is 0.429. The number of anilines is 1. The van der Waals surface area contributed by atoms with Crippen molar-refractivity contribution < 1.29 is 9.59 Å². The number of aryl methyl sites for hydroxylation is 1. The fourth-order valence-electron chi connectivity index (χ4n) is 2.19. The molecule has 1 aromatic rings. The molecule has 0 saturated carbocycles. The minimum atomic E-state index is -0.0522. The summed E-state index contributed by atoms with van der Waals surface area (Å²) in [5, 5.41) is 2.80. The van der Waals surface area contributed by atoms with Gasteiger partial charge in [-0.15, -0.1) is 0 Å². The van der Waals surface area contributed by atoms with Gasteiger partial charge in [-0.2, -0.15) is 0 Å². The number of nitrogens with two attached hydrogens (primary N) is 1. The molecule has 0 aliphatic heterocycles.